The van der Waals surface area contributed by atoms with E-state index >= 15 is 0 Å². The first-order valence-electron chi connectivity index (χ1n) is 12.1. The van der Waals surface area contributed by atoms with Gasteiger partial charge >= 0.3 is 6.18 Å². The van der Waals surface area contributed by atoms with Crippen LogP contribution in [-0.2, 0) is 11.0 Å². The number of aliphatic hydroxyl groups excluding tert-OH is 1. The lowest BCUT2D eigenvalue weighted by atomic mass is 9.94. The summed E-state index contributed by atoms with van der Waals surface area (Å²) in [6.45, 7) is 3.03. The number of ether oxygens (including phenoxy) is 1. The number of thiocarbonyl (C=S) groups is 1. The van der Waals surface area contributed by atoms with Crippen molar-refractivity contribution in [3.05, 3.63) is 47.5 Å². The van der Waals surface area contributed by atoms with Gasteiger partial charge in [-0.3, -0.25) is 9.69 Å². The molecule has 37 heavy (non-hydrogen) atoms. The molecule has 7 nitrogen and oxygen atoms in total. The third-order valence-corrected chi connectivity index (χ3v) is 7.74. The summed E-state index contributed by atoms with van der Waals surface area (Å²) in [6, 6.07) is 10.2. The zero-order valence-electron chi connectivity index (χ0n) is 20.1. The smallest absolute Gasteiger partial charge is 0.417 e. The van der Waals surface area contributed by atoms with Gasteiger partial charge in [0.15, 0.2) is 5.11 Å². The number of fused-ring (bicyclic) bond motifs is 1. The highest BCUT2D eigenvalue weighted by molar-refractivity contribution is 7.81. The predicted molar refractivity (Wildman–Crippen MR) is 136 cm³/mol. The van der Waals surface area contributed by atoms with Crippen LogP contribution >= 0.6 is 12.2 Å². The standard InChI is InChI=1S/C26H25F3N4O3S/c1-2-31-14-19(15-34)36-22-8-7-18(12-21(22)31)33-24(37)32(23(35)25(33)9-3-4-10-25)17-6-5-16(13-30)20(11-17)26(27,28)29/h5-8,11-12,19,34H,2-4,9-10,14-15H2,1H3/t19-/m1/s1. The van der Waals surface area contributed by atoms with E-state index in [0.29, 0.717) is 37.4 Å². The lowest BCUT2D eigenvalue weighted by molar-refractivity contribution is -0.137. The number of anilines is 3. The highest BCUT2D eigenvalue weighted by Gasteiger charge is 2.57. The molecule has 1 N–H and O–H groups in total. The largest absolute Gasteiger partial charge is 0.484 e. The van der Waals surface area contributed by atoms with Gasteiger partial charge in [-0.2, -0.15) is 18.4 Å². The Morgan fingerprint density at radius 3 is 2.51 bits per heavy atom. The minimum Gasteiger partial charge on any atom is -0.484 e. The minimum absolute atomic E-state index is 0.0163. The topological polar surface area (TPSA) is 80.0 Å². The molecule has 1 spiro atoms. The molecule has 1 aliphatic carbocycles. The Balaban J connectivity index is 1.60. The molecule has 2 aliphatic heterocycles. The molecule has 1 saturated heterocycles. The fourth-order valence-corrected chi connectivity index (χ4v) is 6.08. The summed E-state index contributed by atoms with van der Waals surface area (Å²) < 4.78 is 47.0. The molecule has 194 valence electrons. The number of carbonyl (C=O) groups excluding carboxylic acids is 1. The number of nitrogens with zero attached hydrogens (tertiary/aromatic N) is 4. The summed E-state index contributed by atoms with van der Waals surface area (Å²) in [5.74, 6) is 0.237. The van der Waals surface area contributed by atoms with Gasteiger partial charge in [0.05, 0.1) is 41.7 Å². The molecule has 11 heteroatoms. The van der Waals surface area contributed by atoms with Gasteiger partial charge in [-0.15, -0.1) is 0 Å². The van der Waals surface area contributed by atoms with E-state index in [-0.39, 0.29) is 29.4 Å². The summed E-state index contributed by atoms with van der Waals surface area (Å²) in [7, 11) is 0. The maximum atomic E-state index is 13.9. The van der Waals surface area contributed by atoms with Gasteiger partial charge in [0.1, 0.15) is 17.4 Å². The van der Waals surface area contributed by atoms with Crippen molar-refractivity contribution < 1.29 is 27.8 Å². The number of benzene rings is 2. The van der Waals surface area contributed by atoms with E-state index in [9.17, 15) is 28.3 Å². The van der Waals surface area contributed by atoms with E-state index in [4.69, 9.17) is 17.0 Å². The maximum Gasteiger partial charge on any atom is 0.417 e. The lowest BCUT2D eigenvalue weighted by Crippen LogP contribution is -2.48. The molecular weight excluding hydrogens is 505 g/mol. The number of hydrogen-bond donors (Lipinski definition) is 1. The van der Waals surface area contributed by atoms with Crippen LogP contribution in [0.15, 0.2) is 36.4 Å². The summed E-state index contributed by atoms with van der Waals surface area (Å²) in [5.41, 5.74) is -1.20. The highest BCUT2D eigenvalue weighted by atomic mass is 32.1. The molecule has 2 aromatic rings. The number of alkyl halides is 3. The van der Waals surface area contributed by atoms with Crippen molar-refractivity contribution in [1.82, 2.24) is 0 Å². The molecule has 3 aliphatic rings. The van der Waals surface area contributed by atoms with Gasteiger partial charge in [0, 0.05) is 12.2 Å². The lowest BCUT2D eigenvalue weighted by Gasteiger charge is -2.37. The Morgan fingerprint density at radius 2 is 1.89 bits per heavy atom. The van der Waals surface area contributed by atoms with Crippen LogP contribution in [0.5, 0.6) is 5.75 Å². The van der Waals surface area contributed by atoms with Gasteiger partial charge in [-0.05, 0) is 68.4 Å². The number of amides is 1. The molecule has 0 bridgehead atoms. The van der Waals surface area contributed by atoms with Crippen LogP contribution in [0.4, 0.5) is 30.2 Å². The number of carbonyl (C=O) groups is 1. The number of rotatable bonds is 4. The monoisotopic (exact) mass is 530 g/mol. The second kappa shape index (κ2) is 9.19. The normalized spacial score (nSPS) is 20.9. The van der Waals surface area contributed by atoms with E-state index in [1.54, 1.807) is 23.1 Å². The van der Waals surface area contributed by atoms with Gasteiger partial charge in [0.25, 0.3) is 5.91 Å². The molecule has 1 amide bonds. The fraction of sp³-hybridized carbons (Fsp3) is 0.423. The number of nitriles is 1. The molecule has 1 saturated carbocycles. The quantitative estimate of drug-likeness (QED) is 0.579. The van der Waals surface area contributed by atoms with E-state index in [2.05, 4.69) is 4.90 Å². The fourth-order valence-electron chi connectivity index (χ4n) is 5.61. The Hall–Kier alpha value is -3.36. The summed E-state index contributed by atoms with van der Waals surface area (Å²) in [6.07, 6.45) is -2.51. The third kappa shape index (κ3) is 3.99. The van der Waals surface area contributed by atoms with Crippen LogP contribution < -0.4 is 19.4 Å². The molecule has 0 aromatic heterocycles. The van der Waals surface area contributed by atoms with Crippen molar-refractivity contribution in [2.45, 2.75) is 50.4 Å². The van der Waals surface area contributed by atoms with Crippen molar-refractivity contribution in [2.24, 2.45) is 0 Å². The van der Waals surface area contributed by atoms with Crippen molar-refractivity contribution >= 4 is 40.3 Å². The average Bonchev–Trinajstić information content (AvgIpc) is 3.45. The van der Waals surface area contributed by atoms with Gasteiger partial charge < -0.3 is 19.6 Å². The maximum absolute atomic E-state index is 13.9. The molecule has 5 rings (SSSR count). The van der Waals surface area contributed by atoms with Crippen LogP contribution in [0.25, 0.3) is 0 Å². The summed E-state index contributed by atoms with van der Waals surface area (Å²) in [4.78, 5) is 18.9. The van der Waals surface area contributed by atoms with Crippen LogP contribution in [0.3, 0.4) is 0 Å². The SMILES string of the molecule is CCN1C[C@H](CO)Oc2ccc(N3C(=S)N(c4ccc(C#N)c(C(F)(F)F)c4)C(=O)C34CCCC4)cc21. The Morgan fingerprint density at radius 1 is 1.19 bits per heavy atom. The van der Waals surface area contributed by atoms with Crippen LogP contribution in [0.1, 0.15) is 43.7 Å². The second-order valence-corrected chi connectivity index (χ2v) is 9.81. The van der Waals surface area contributed by atoms with Crippen LogP contribution in [-0.4, -0.2) is 47.5 Å². The first-order chi connectivity index (χ1) is 17.6. The van der Waals surface area contributed by atoms with E-state index < -0.39 is 22.8 Å². The molecule has 2 heterocycles. The number of likely N-dealkylation sites (N-methyl/N-ethyl adjacent to an activating group) is 1. The molecule has 0 unspecified atom stereocenters. The van der Waals surface area contributed by atoms with Gasteiger partial charge in [0.2, 0.25) is 0 Å². The van der Waals surface area contributed by atoms with Gasteiger partial charge in [-0.1, -0.05) is 12.8 Å². The zero-order chi connectivity index (χ0) is 26.5. The first kappa shape index (κ1) is 25.3. The zero-order valence-corrected chi connectivity index (χ0v) is 20.9. The number of halogens is 3. The first-order valence-corrected chi connectivity index (χ1v) is 12.5. The molecule has 2 fully saturated rings. The van der Waals surface area contributed by atoms with E-state index in [1.165, 1.54) is 11.0 Å². The Kier molecular flexibility index (Phi) is 6.28. The van der Waals surface area contributed by atoms with Crippen molar-refractivity contribution in [1.29, 1.82) is 5.26 Å². The van der Waals surface area contributed by atoms with E-state index in [0.717, 1.165) is 30.7 Å². The number of aliphatic hydroxyl groups is 1. The molecular formula is C26H25F3N4O3S. The second-order valence-electron chi connectivity index (χ2n) is 9.45. The molecule has 1 atom stereocenters. The third-order valence-electron chi connectivity index (χ3n) is 7.37. The predicted octanol–water partition coefficient (Wildman–Crippen LogP) is 4.61. The van der Waals surface area contributed by atoms with Crippen LogP contribution in [0, 0.1) is 11.3 Å². The molecule has 2 aromatic carbocycles. The average molecular weight is 531 g/mol. The minimum atomic E-state index is -4.76. The number of hydrogen-bond acceptors (Lipinski definition) is 6. The van der Waals surface area contributed by atoms with Gasteiger partial charge in [-0.25, -0.2) is 0 Å². The molecule has 0 radical (unpaired) electrons. The van der Waals surface area contributed by atoms with Crippen molar-refractivity contribution in [2.75, 3.05) is 34.4 Å². The van der Waals surface area contributed by atoms with Crippen molar-refractivity contribution in [3.8, 4) is 11.8 Å². The Bertz CT molecular complexity index is 1300. The summed E-state index contributed by atoms with van der Waals surface area (Å²) in [5, 5.41) is 18.9. The van der Waals surface area contributed by atoms with E-state index in [1.807, 2.05) is 13.0 Å². The van der Waals surface area contributed by atoms with Crippen LogP contribution in [0.2, 0.25) is 0 Å². The van der Waals surface area contributed by atoms with Crippen molar-refractivity contribution in [3.63, 3.8) is 0 Å². The summed E-state index contributed by atoms with van der Waals surface area (Å²) >= 11 is 5.77. The Labute approximate surface area is 217 Å². The highest BCUT2D eigenvalue weighted by Crippen LogP contribution is 2.48.